The van der Waals surface area contributed by atoms with Crippen molar-refractivity contribution in [2.45, 2.75) is 46.3 Å². The van der Waals surface area contributed by atoms with Gasteiger partial charge in [0.25, 0.3) is 0 Å². The van der Waals surface area contributed by atoms with Crippen molar-refractivity contribution in [1.82, 2.24) is 4.98 Å². The molecule has 3 heteroatoms. The molecule has 1 aromatic carbocycles. The molecule has 0 radical (unpaired) electrons. The summed E-state index contributed by atoms with van der Waals surface area (Å²) < 4.78 is 5.98. The third-order valence-electron chi connectivity index (χ3n) is 3.67. The Morgan fingerprint density at radius 1 is 1.10 bits per heavy atom. The van der Waals surface area contributed by atoms with Gasteiger partial charge in [-0.15, -0.1) is 0 Å². The van der Waals surface area contributed by atoms with E-state index in [1.165, 1.54) is 16.7 Å². The van der Waals surface area contributed by atoms with E-state index in [0.717, 1.165) is 24.2 Å². The number of hydrogen-bond acceptors (Lipinski definition) is 3. The molecule has 0 bridgehead atoms. The second-order valence-corrected chi connectivity index (χ2v) is 5.58. The van der Waals surface area contributed by atoms with Crippen molar-refractivity contribution < 1.29 is 4.74 Å². The highest BCUT2D eigenvalue weighted by molar-refractivity contribution is 5.43. The monoisotopic (exact) mass is 284 g/mol. The molecule has 21 heavy (non-hydrogen) atoms. The first-order valence-corrected chi connectivity index (χ1v) is 7.47. The zero-order valence-electron chi connectivity index (χ0n) is 13.1. The number of ether oxygens (including phenoxy) is 1. The quantitative estimate of drug-likeness (QED) is 0.882. The standard InChI is InChI=1S/C18H24N2O/c1-4-17(19)11-16-9-13(2)18(14(3)10-16)21-12-15-5-7-20-8-6-15/h5-10,17H,4,11-12,19H2,1-3H3. The van der Waals surface area contributed by atoms with Gasteiger partial charge >= 0.3 is 0 Å². The van der Waals surface area contributed by atoms with E-state index < -0.39 is 0 Å². The van der Waals surface area contributed by atoms with Gasteiger partial charge in [-0.3, -0.25) is 4.98 Å². The van der Waals surface area contributed by atoms with Crippen LogP contribution in [0, 0.1) is 13.8 Å². The molecule has 2 rings (SSSR count). The molecule has 0 amide bonds. The van der Waals surface area contributed by atoms with Gasteiger partial charge in [-0.05, 0) is 61.1 Å². The zero-order valence-corrected chi connectivity index (χ0v) is 13.1. The fourth-order valence-corrected chi connectivity index (χ4v) is 2.47. The summed E-state index contributed by atoms with van der Waals surface area (Å²) in [6.07, 6.45) is 5.49. The summed E-state index contributed by atoms with van der Waals surface area (Å²) in [6.45, 7) is 6.88. The topological polar surface area (TPSA) is 48.1 Å². The van der Waals surface area contributed by atoms with E-state index in [0.29, 0.717) is 6.61 Å². The lowest BCUT2D eigenvalue weighted by Crippen LogP contribution is -2.21. The molecule has 0 aliphatic carbocycles. The van der Waals surface area contributed by atoms with Crippen molar-refractivity contribution in [2.75, 3.05) is 0 Å². The van der Waals surface area contributed by atoms with Gasteiger partial charge in [-0.25, -0.2) is 0 Å². The Hall–Kier alpha value is -1.87. The van der Waals surface area contributed by atoms with Crippen LogP contribution in [-0.2, 0) is 13.0 Å². The molecule has 2 aromatic rings. The van der Waals surface area contributed by atoms with Gasteiger partial charge in [0.1, 0.15) is 12.4 Å². The molecule has 0 saturated carbocycles. The Morgan fingerprint density at radius 2 is 1.71 bits per heavy atom. The van der Waals surface area contributed by atoms with Crippen LogP contribution in [0.15, 0.2) is 36.7 Å². The number of rotatable bonds is 6. The smallest absolute Gasteiger partial charge is 0.125 e. The molecule has 0 saturated heterocycles. The average Bonchev–Trinajstić information content (AvgIpc) is 2.47. The van der Waals surface area contributed by atoms with Crippen LogP contribution in [-0.4, -0.2) is 11.0 Å². The molecule has 1 unspecified atom stereocenters. The minimum Gasteiger partial charge on any atom is -0.488 e. The van der Waals surface area contributed by atoms with E-state index in [9.17, 15) is 0 Å². The molecule has 2 N–H and O–H groups in total. The number of aryl methyl sites for hydroxylation is 2. The van der Waals surface area contributed by atoms with Crippen molar-refractivity contribution in [2.24, 2.45) is 5.73 Å². The fourth-order valence-electron chi connectivity index (χ4n) is 2.47. The third kappa shape index (κ3) is 4.30. The Morgan fingerprint density at radius 3 is 2.29 bits per heavy atom. The summed E-state index contributed by atoms with van der Waals surface area (Å²) in [4.78, 5) is 4.02. The lowest BCUT2D eigenvalue weighted by Gasteiger charge is -2.16. The number of benzene rings is 1. The van der Waals surface area contributed by atoms with Crippen molar-refractivity contribution in [3.8, 4) is 5.75 Å². The fraction of sp³-hybridized carbons (Fsp3) is 0.389. The Balaban J connectivity index is 2.10. The van der Waals surface area contributed by atoms with Crippen LogP contribution >= 0.6 is 0 Å². The second kappa shape index (κ2) is 7.23. The lowest BCUT2D eigenvalue weighted by molar-refractivity contribution is 0.301. The number of nitrogens with two attached hydrogens (primary N) is 1. The van der Waals surface area contributed by atoms with Crippen LogP contribution in [0.5, 0.6) is 5.75 Å². The van der Waals surface area contributed by atoms with E-state index in [2.05, 4.69) is 37.9 Å². The maximum atomic E-state index is 6.04. The molecule has 0 spiro atoms. The maximum Gasteiger partial charge on any atom is 0.125 e. The van der Waals surface area contributed by atoms with Gasteiger partial charge in [0.05, 0.1) is 0 Å². The van der Waals surface area contributed by atoms with Gasteiger partial charge < -0.3 is 10.5 Å². The van der Waals surface area contributed by atoms with Gasteiger partial charge in [-0.1, -0.05) is 19.1 Å². The summed E-state index contributed by atoms with van der Waals surface area (Å²) in [5.41, 5.74) is 10.8. The van der Waals surface area contributed by atoms with E-state index >= 15 is 0 Å². The normalized spacial score (nSPS) is 12.2. The lowest BCUT2D eigenvalue weighted by atomic mass is 9.99. The van der Waals surface area contributed by atoms with Gasteiger partial charge in [-0.2, -0.15) is 0 Å². The molecule has 112 valence electrons. The maximum absolute atomic E-state index is 6.04. The predicted octanol–water partition coefficient (Wildman–Crippen LogP) is 3.56. The summed E-state index contributed by atoms with van der Waals surface area (Å²) in [6, 6.07) is 8.54. The predicted molar refractivity (Wildman–Crippen MR) is 86.5 cm³/mol. The molecule has 0 aliphatic heterocycles. The number of hydrogen-bond donors (Lipinski definition) is 1. The molecular weight excluding hydrogens is 260 g/mol. The molecule has 1 atom stereocenters. The average molecular weight is 284 g/mol. The summed E-state index contributed by atoms with van der Waals surface area (Å²) >= 11 is 0. The highest BCUT2D eigenvalue weighted by atomic mass is 16.5. The van der Waals surface area contributed by atoms with E-state index in [-0.39, 0.29) is 6.04 Å². The van der Waals surface area contributed by atoms with Crippen LogP contribution in [0.25, 0.3) is 0 Å². The van der Waals surface area contributed by atoms with Crippen LogP contribution in [0.2, 0.25) is 0 Å². The molecule has 0 aliphatic rings. The van der Waals surface area contributed by atoms with Crippen molar-refractivity contribution >= 4 is 0 Å². The third-order valence-corrected chi connectivity index (χ3v) is 3.67. The highest BCUT2D eigenvalue weighted by Gasteiger charge is 2.09. The Kier molecular flexibility index (Phi) is 5.34. The van der Waals surface area contributed by atoms with E-state index in [1.54, 1.807) is 12.4 Å². The minimum absolute atomic E-state index is 0.229. The largest absolute Gasteiger partial charge is 0.488 e. The summed E-state index contributed by atoms with van der Waals surface area (Å²) in [5, 5.41) is 0. The SMILES string of the molecule is CCC(N)Cc1cc(C)c(OCc2ccncc2)c(C)c1. The molecule has 1 heterocycles. The van der Waals surface area contributed by atoms with Crippen molar-refractivity contribution in [3.63, 3.8) is 0 Å². The first kappa shape index (κ1) is 15.5. The van der Waals surface area contributed by atoms with Crippen LogP contribution in [0.1, 0.15) is 35.6 Å². The molecule has 3 nitrogen and oxygen atoms in total. The van der Waals surface area contributed by atoms with Crippen molar-refractivity contribution in [3.05, 3.63) is 58.9 Å². The van der Waals surface area contributed by atoms with E-state index in [4.69, 9.17) is 10.5 Å². The summed E-state index contributed by atoms with van der Waals surface area (Å²) in [7, 11) is 0. The van der Waals surface area contributed by atoms with Crippen LogP contribution < -0.4 is 10.5 Å². The number of nitrogens with zero attached hydrogens (tertiary/aromatic N) is 1. The first-order chi connectivity index (χ1) is 10.1. The Labute approximate surface area is 127 Å². The first-order valence-electron chi connectivity index (χ1n) is 7.47. The van der Waals surface area contributed by atoms with Crippen molar-refractivity contribution in [1.29, 1.82) is 0 Å². The Bertz CT molecular complexity index is 558. The molecule has 0 fully saturated rings. The zero-order chi connectivity index (χ0) is 15.2. The van der Waals surface area contributed by atoms with Crippen LogP contribution in [0.3, 0.4) is 0 Å². The molecule has 1 aromatic heterocycles. The van der Waals surface area contributed by atoms with E-state index in [1.807, 2.05) is 12.1 Å². The van der Waals surface area contributed by atoms with Gasteiger partial charge in [0.15, 0.2) is 0 Å². The number of aromatic nitrogens is 1. The van der Waals surface area contributed by atoms with Gasteiger partial charge in [0.2, 0.25) is 0 Å². The highest BCUT2D eigenvalue weighted by Crippen LogP contribution is 2.26. The number of pyridine rings is 1. The molecular formula is C18H24N2O. The minimum atomic E-state index is 0.229. The summed E-state index contributed by atoms with van der Waals surface area (Å²) in [5.74, 6) is 0.973. The van der Waals surface area contributed by atoms with Crippen LogP contribution in [0.4, 0.5) is 0 Å². The van der Waals surface area contributed by atoms with Gasteiger partial charge in [0, 0.05) is 18.4 Å². The second-order valence-electron chi connectivity index (χ2n) is 5.58.